The highest BCUT2D eigenvalue weighted by Gasteiger charge is 2.32. The summed E-state index contributed by atoms with van der Waals surface area (Å²) in [6.07, 6.45) is 3.86. The van der Waals surface area contributed by atoms with Crippen molar-refractivity contribution in [2.45, 2.75) is 70.4 Å². The molecule has 2 atom stereocenters. The second-order valence-electron chi connectivity index (χ2n) is 6.09. The lowest BCUT2D eigenvalue weighted by Crippen LogP contribution is -2.41. The number of aliphatic hydroxyl groups is 1. The average Bonchev–Trinajstić information content (AvgIpc) is 2.53. The Hall–Kier alpha value is -0.903. The van der Waals surface area contributed by atoms with E-state index in [4.69, 9.17) is 4.43 Å². The van der Waals surface area contributed by atoms with Gasteiger partial charge in [0.15, 0.2) is 8.32 Å². The van der Waals surface area contributed by atoms with Gasteiger partial charge in [-0.1, -0.05) is 57.2 Å². The molecule has 1 N–H and O–H groups in total. The van der Waals surface area contributed by atoms with E-state index in [0.29, 0.717) is 12.8 Å². The molecule has 1 aromatic carbocycles. The SMILES string of the molecule is C=CC[C@@H](C[C@H](O)Cc1ccccc1)O[Si](CC)(CC)CC. The Morgan fingerprint density at radius 3 is 2.23 bits per heavy atom. The molecule has 0 aliphatic carbocycles. The van der Waals surface area contributed by atoms with Gasteiger partial charge in [0, 0.05) is 0 Å². The molecule has 0 heterocycles. The van der Waals surface area contributed by atoms with Gasteiger partial charge >= 0.3 is 0 Å². The third kappa shape index (κ3) is 6.07. The first-order chi connectivity index (χ1) is 10.6. The van der Waals surface area contributed by atoms with E-state index in [2.05, 4.69) is 39.5 Å². The van der Waals surface area contributed by atoms with Crippen LogP contribution in [0.3, 0.4) is 0 Å². The topological polar surface area (TPSA) is 29.5 Å². The molecule has 1 aromatic rings. The van der Waals surface area contributed by atoms with Gasteiger partial charge in [-0.2, -0.15) is 0 Å². The van der Waals surface area contributed by atoms with Gasteiger partial charge in [0.05, 0.1) is 12.2 Å². The summed E-state index contributed by atoms with van der Waals surface area (Å²) in [5.41, 5.74) is 1.18. The lowest BCUT2D eigenvalue weighted by atomic mass is 10.0. The van der Waals surface area contributed by atoms with Gasteiger partial charge in [-0.3, -0.25) is 0 Å². The summed E-state index contributed by atoms with van der Waals surface area (Å²) < 4.78 is 6.54. The second kappa shape index (κ2) is 9.98. The third-order valence-electron chi connectivity index (χ3n) is 4.63. The summed E-state index contributed by atoms with van der Waals surface area (Å²) in [6.45, 7) is 10.6. The summed E-state index contributed by atoms with van der Waals surface area (Å²) in [5, 5.41) is 10.4. The average molecular weight is 321 g/mol. The normalized spacial score (nSPS) is 14.5. The number of aliphatic hydroxyl groups excluding tert-OH is 1. The van der Waals surface area contributed by atoms with Crippen LogP contribution in [0.4, 0.5) is 0 Å². The molecule has 0 radical (unpaired) electrons. The van der Waals surface area contributed by atoms with Gasteiger partial charge in [-0.15, -0.1) is 6.58 Å². The molecule has 124 valence electrons. The van der Waals surface area contributed by atoms with Crippen molar-refractivity contribution in [2.75, 3.05) is 0 Å². The maximum absolute atomic E-state index is 10.4. The predicted octanol–water partition coefficient (Wildman–Crippen LogP) is 4.95. The van der Waals surface area contributed by atoms with Crippen molar-refractivity contribution in [1.29, 1.82) is 0 Å². The van der Waals surface area contributed by atoms with E-state index in [1.165, 1.54) is 5.56 Å². The number of benzene rings is 1. The monoisotopic (exact) mass is 320 g/mol. The van der Waals surface area contributed by atoms with Crippen molar-refractivity contribution in [3.63, 3.8) is 0 Å². The minimum atomic E-state index is -1.64. The fraction of sp³-hybridized carbons (Fsp3) is 0.579. The molecule has 0 saturated heterocycles. The van der Waals surface area contributed by atoms with E-state index in [1.807, 2.05) is 24.3 Å². The third-order valence-corrected chi connectivity index (χ3v) is 9.33. The molecule has 0 aromatic heterocycles. The van der Waals surface area contributed by atoms with E-state index >= 15 is 0 Å². The molecule has 2 nitrogen and oxygen atoms in total. The van der Waals surface area contributed by atoms with Gasteiger partial charge in [-0.05, 0) is 43.0 Å². The lowest BCUT2D eigenvalue weighted by Gasteiger charge is -2.34. The fourth-order valence-electron chi connectivity index (χ4n) is 3.00. The Bertz CT molecular complexity index is 406. The molecule has 3 heteroatoms. The first-order valence-corrected chi connectivity index (χ1v) is 11.1. The van der Waals surface area contributed by atoms with Gasteiger partial charge < -0.3 is 9.53 Å². The molecular weight excluding hydrogens is 288 g/mol. The van der Waals surface area contributed by atoms with Crippen LogP contribution >= 0.6 is 0 Å². The first-order valence-electron chi connectivity index (χ1n) is 8.59. The van der Waals surface area contributed by atoms with Crippen LogP contribution in [0, 0.1) is 0 Å². The highest BCUT2D eigenvalue weighted by Crippen LogP contribution is 2.26. The summed E-state index contributed by atoms with van der Waals surface area (Å²) in [4.78, 5) is 0. The zero-order valence-electron chi connectivity index (χ0n) is 14.4. The molecule has 1 rings (SSSR count). The maximum Gasteiger partial charge on any atom is 0.192 e. The van der Waals surface area contributed by atoms with Crippen LogP contribution in [-0.4, -0.2) is 25.6 Å². The Morgan fingerprint density at radius 1 is 1.14 bits per heavy atom. The molecule has 0 fully saturated rings. The molecule has 0 amide bonds. The standard InChI is InChI=1S/C19H32O2Si/c1-5-12-19(21-22(6-2,7-3)8-4)16-18(20)15-17-13-10-9-11-14-17/h5,9-11,13-14,18-20H,1,6-8,12,15-16H2,2-4H3/t18-,19+/m1/s1. The smallest absolute Gasteiger partial charge is 0.192 e. The van der Waals surface area contributed by atoms with Gasteiger partial charge in [-0.25, -0.2) is 0 Å². The van der Waals surface area contributed by atoms with Crippen molar-refractivity contribution >= 4 is 8.32 Å². The largest absolute Gasteiger partial charge is 0.414 e. The molecule has 0 unspecified atom stereocenters. The summed E-state index contributed by atoms with van der Waals surface area (Å²) in [6, 6.07) is 13.6. The van der Waals surface area contributed by atoms with Crippen molar-refractivity contribution in [2.24, 2.45) is 0 Å². The highest BCUT2D eigenvalue weighted by atomic mass is 28.4. The molecule has 0 saturated carbocycles. The van der Waals surface area contributed by atoms with Gasteiger partial charge in [0.2, 0.25) is 0 Å². The lowest BCUT2D eigenvalue weighted by molar-refractivity contribution is 0.0896. The predicted molar refractivity (Wildman–Crippen MR) is 97.7 cm³/mol. The minimum Gasteiger partial charge on any atom is -0.414 e. The fourth-order valence-corrected chi connectivity index (χ4v) is 5.90. The maximum atomic E-state index is 10.4. The van der Waals surface area contributed by atoms with Crippen molar-refractivity contribution < 1.29 is 9.53 Å². The van der Waals surface area contributed by atoms with E-state index in [9.17, 15) is 5.11 Å². The molecular formula is C19H32O2Si. The Labute approximate surface area is 137 Å². The zero-order valence-corrected chi connectivity index (χ0v) is 15.4. The molecule has 0 aliphatic rings. The van der Waals surface area contributed by atoms with E-state index in [-0.39, 0.29) is 12.2 Å². The quantitative estimate of drug-likeness (QED) is 0.462. The molecule has 0 bridgehead atoms. The van der Waals surface area contributed by atoms with Crippen molar-refractivity contribution in [1.82, 2.24) is 0 Å². The van der Waals surface area contributed by atoms with Crippen LogP contribution in [0.5, 0.6) is 0 Å². The first kappa shape index (κ1) is 19.1. The Balaban J connectivity index is 2.64. The Kier molecular flexibility index (Phi) is 8.69. The molecule has 22 heavy (non-hydrogen) atoms. The van der Waals surface area contributed by atoms with Crippen LogP contribution in [0.25, 0.3) is 0 Å². The van der Waals surface area contributed by atoms with Crippen LogP contribution in [0.1, 0.15) is 39.2 Å². The second-order valence-corrected chi connectivity index (χ2v) is 10.8. The van der Waals surface area contributed by atoms with E-state index in [1.54, 1.807) is 0 Å². The van der Waals surface area contributed by atoms with Crippen LogP contribution in [-0.2, 0) is 10.8 Å². The summed E-state index contributed by atoms with van der Waals surface area (Å²) in [7, 11) is -1.64. The summed E-state index contributed by atoms with van der Waals surface area (Å²) >= 11 is 0. The van der Waals surface area contributed by atoms with E-state index in [0.717, 1.165) is 24.6 Å². The molecule has 0 aliphatic heterocycles. The minimum absolute atomic E-state index is 0.0997. The van der Waals surface area contributed by atoms with Crippen molar-refractivity contribution in [3.05, 3.63) is 48.6 Å². The highest BCUT2D eigenvalue weighted by molar-refractivity contribution is 6.73. The number of rotatable bonds is 11. The molecule has 0 spiro atoms. The summed E-state index contributed by atoms with van der Waals surface area (Å²) in [5.74, 6) is 0. The van der Waals surface area contributed by atoms with E-state index < -0.39 is 8.32 Å². The van der Waals surface area contributed by atoms with Gasteiger partial charge in [0.1, 0.15) is 0 Å². The Morgan fingerprint density at radius 2 is 1.73 bits per heavy atom. The zero-order chi connectivity index (χ0) is 16.4. The van der Waals surface area contributed by atoms with Gasteiger partial charge in [0.25, 0.3) is 0 Å². The number of hydrogen-bond acceptors (Lipinski definition) is 2. The number of hydrogen-bond donors (Lipinski definition) is 1. The van der Waals surface area contributed by atoms with Crippen LogP contribution in [0.2, 0.25) is 18.1 Å². The van der Waals surface area contributed by atoms with Crippen LogP contribution in [0.15, 0.2) is 43.0 Å². The van der Waals surface area contributed by atoms with Crippen molar-refractivity contribution in [3.8, 4) is 0 Å². The van der Waals surface area contributed by atoms with Crippen LogP contribution < -0.4 is 0 Å².